The largest absolute Gasteiger partial charge is 0.397 e. The van der Waals surface area contributed by atoms with Crippen molar-refractivity contribution < 1.29 is 19.2 Å². The molecule has 0 unspecified atom stereocenters. The Morgan fingerprint density at radius 1 is 1.28 bits per heavy atom. The summed E-state index contributed by atoms with van der Waals surface area (Å²) in [6.07, 6.45) is 6.97. The van der Waals surface area contributed by atoms with Crippen LogP contribution in [0.25, 0.3) is 11.1 Å². The van der Waals surface area contributed by atoms with E-state index in [0.717, 1.165) is 54.8 Å². The van der Waals surface area contributed by atoms with Crippen LogP contribution in [0.3, 0.4) is 0 Å². The van der Waals surface area contributed by atoms with Crippen LogP contribution in [0.4, 0.5) is 11.4 Å². The summed E-state index contributed by atoms with van der Waals surface area (Å²) in [5.41, 5.74) is 9.50. The first kappa shape index (κ1) is 22.4. The van der Waals surface area contributed by atoms with Gasteiger partial charge in [-0.3, -0.25) is 9.59 Å². The highest BCUT2D eigenvalue weighted by Gasteiger charge is 2.12. The van der Waals surface area contributed by atoms with Gasteiger partial charge in [0, 0.05) is 18.5 Å². The van der Waals surface area contributed by atoms with E-state index in [1.807, 2.05) is 19.9 Å². The molecule has 158 valence electrons. The van der Waals surface area contributed by atoms with Gasteiger partial charge in [0.2, 0.25) is 12.3 Å². The van der Waals surface area contributed by atoms with Crippen molar-refractivity contribution in [1.29, 1.82) is 0 Å². The zero-order valence-corrected chi connectivity index (χ0v) is 17.0. The number of hydrogen-bond donors (Lipinski definition) is 4. The number of nitrogens with zero attached hydrogens (tertiary/aromatic N) is 1. The van der Waals surface area contributed by atoms with Gasteiger partial charge < -0.3 is 26.0 Å². The Morgan fingerprint density at radius 2 is 2.00 bits per heavy atom. The lowest BCUT2D eigenvalue weighted by molar-refractivity contribution is -0.119. The summed E-state index contributed by atoms with van der Waals surface area (Å²) in [5, 5.41) is 17.9. The highest BCUT2D eigenvalue weighted by Crippen LogP contribution is 2.31. The Hall–Kier alpha value is -2.87. The van der Waals surface area contributed by atoms with Crippen molar-refractivity contribution in [2.45, 2.75) is 58.5 Å². The van der Waals surface area contributed by atoms with Crippen LogP contribution in [-0.2, 0) is 9.59 Å². The smallest absolute Gasteiger partial charge is 0.220 e. The fourth-order valence-electron chi connectivity index (χ4n) is 3.26. The minimum atomic E-state index is 0.0463. The maximum absolute atomic E-state index is 10.5. The molecule has 2 aliphatic rings. The Morgan fingerprint density at radius 3 is 2.41 bits per heavy atom. The predicted octanol–water partition coefficient (Wildman–Crippen LogP) is 2.93. The van der Waals surface area contributed by atoms with Crippen LogP contribution in [0.1, 0.15) is 50.0 Å². The van der Waals surface area contributed by atoms with Gasteiger partial charge in [-0.1, -0.05) is 24.1 Å². The minimum Gasteiger partial charge on any atom is -0.397 e. The zero-order chi connectivity index (χ0) is 21.2. The van der Waals surface area contributed by atoms with Gasteiger partial charge in [-0.05, 0) is 50.8 Å². The SMILES string of the molecule is Cc1noc(C)c1-c1ccc(N)c(NC=O)c1.O=C1CCCN1.OC1CCCC1. The number of rotatable bonds is 3. The number of hydrogen-bond acceptors (Lipinski definition) is 6. The Bertz CT molecular complexity index is 786. The lowest BCUT2D eigenvalue weighted by Crippen LogP contribution is -2.12. The molecule has 2 amide bonds. The molecule has 4 rings (SSSR count). The fraction of sp³-hybridized carbons (Fsp3) is 0.476. The average Bonchev–Trinajstić information content (AvgIpc) is 3.43. The normalized spacial score (nSPS) is 15.6. The van der Waals surface area contributed by atoms with E-state index < -0.39 is 0 Å². The summed E-state index contributed by atoms with van der Waals surface area (Å²) in [5.74, 6) is 0.944. The molecule has 1 aromatic carbocycles. The number of carbonyl (C=O) groups excluding carboxylic acids is 2. The van der Waals surface area contributed by atoms with Gasteiger partial charge in [0.05, 0.1) is 23.2 Å². The molecule has 2 fully saturated rings. The monoisotopic (exact) mass is 402 g/mol. The van der Waals surface area contributed by atoms with Crippen LogP contribution in [0.5, 0.6) is 0 Å². The molecule has 2 aromatic rings. The van der Waals surface area contributed by atoms with Crippen LogP contribution in [0.15, 0.2) is 22.7 Å². The number of nitrogens with one attached hydrogen (secondary N) is 2. The van der Waals surface area contributed by atoms with Crippen molar-refractivity contribution in [3.63, 3.8) is 0 Å². The Balaban J connectivity index is 0.000000202. The summed E-state index contributed by atoms with van der Waals surface area (Å²) in [6.45, 7) is 4.60. The number of carbonyl (C=O) groups is 2. The maximum atomic E-state index is 10.5. The van der Waals surface area contributed by atoms with Crippen molar-refractivity contribution in [3.05, 3.63) is 29.7 Å². The second kappa shape index (κ2) is 11.2. The van der Waals surface area contributed by atoms with Gasteiger partial charge >= 0.3 is 0 Å². The third kappa shape index (κ3) is 6.90. The highest BCUT2D eigenvalue weighted by atomic mass is 16.5. The molecule has 0 radical (unpaired) electrons. The number of anilines is 2. The van der Waals surface area contributed by atoms with E-state index in [9.17, 15) is 9.59 Å². The number of amides is 2. The van der Waals surface area contributed by atoms with Gasteiger partial charge in [-0.2, -0.15) is 0 Å². The average molecular weight is 402 g/mol. The zero-order valence-electron chi connectivity index (χ0n) is 17.0. The summed E-state index contributed by atoms with van der Waals surface area (Å²) < 4.78 is 5.11. The number of aryl methyl sites for hydroxylation is 2. The molecule has 0 bridgehead atoms. The van der Waals surface area contributed by atoms with Crippen LogP contribution in [0.2, 0.25) is 0 Å². The number of aliphatic hydroxyl groups excluding tert-OH is 1. The topological polar surface area (TPSA) is 130 Å². The van der Waals surface area contributed by atoms with E-state index in [0.29, 0.717) is 17.8 Å². The first-order chi connectivity index (χ1) is 13.9. The third-order valence-corrected chi connectivity index (χ3v) is 4.82. The van der Waals surface area contributed by atoms with Crippen molar-refractivity contribution in [3.8, 4) is 11.1 Å². The number of aliphatic hydroxyl groups is 1. The molecule has 1 saturated carbocycles. The fourth-order valence-corrected chi connectivity index (χ4v) is 3.26. The quantitative estimate of drug-likeness (QED) is 0.461. The first-order valence-corrected chi connectivity index (χ1v) is 9.90. The van der Waals surface area contributed by atoms with Crippen molar-refractivity contribution >= 4 is 23.7 Å². The molecule has 29 heavy (non-hydrogen) atoms. The van der Waals surface area contributed by atoms with Crippen LogP contribution in [0, 0.1) is 13.8 Å². The molecular formula is C21H30N4O4. The molecule has 0 spiro atoms. The van der Waals surface area contributed by atoms with E-state index in [1.54, 1.807) is 12.1 Å². The number of nitrogen functional groups attached to an aromatic ring is 1. The molecular weight excluding hydrogens is 372 g/mol. The standard InChI is InChI=1S/C12H13N3O2.C5H10O.C4H7NO/c1-7-12(8(2)17-15-7)9-3-4-10(13)11(5-9)14-6-16;6-5-3-1-2-4-5;6-4-2-1-3-5-4/h3-6H,13H2,1-2H3,(H,14,16);5-6H,1-4H2;1-3H2,(H,5,6). The van der Waals surface area contributed by atoms with Gasteiger partial charge in [0.25, 0.3) is 0 Å². The summed E-state index contributed by atoms with van der Waals surface area (Å²) >= 11 is 0. The molecule has 1 aliphatic carbocycles. The summed E-state index contributed by atoms with van der Waals surface area (Å²) in [7, 11) is 0. The first-order valence-electron chi connectivity index (χ1n) is 9.90. The number of aromatic nitrogens is 1. The molecule has 8 nitrogen and oxygen atoms in total. The van der Waals surface area contributed by atoms with E-state index in [1.165, 1.54) is 12.8 Å². The molecule has 2 heterocycles. The second-order valence-corrected chi connectivity index (χ2v) is 7.16. The molecule has 0 atom stereocenters. The highest BCUT2D eigenvalue weighted by molar-refractivity contribution is 5.84. The lowest BCUT2D eigenvalue weighted by Gasteiger charge is -2.07. The molecule has 5 N–H and O–H groups in total. The lowest BCUT2D eigenvalue weighted by atomic mass is 10.0. The van der Waals surface area contributed by atoms with E-state index in [-0.39, 0.29) is 12.0 Å². The van der Waals surface area contributed by atoms with E-state index in [2.05, 4.69) is 15.8 Å². The summed E-state index contributed by atoms with van der Waals surface area (Å²) in [4.78, 5) is 20.6. The van der Waals surface area contributed by atoms with Gasteiger partial charge in [0.15, 0.2) is 0 Å². The number of nitrogens with two attached hydrogens (primary N) is 1. The molecule has 1 saturated heterocycles. The number of benzene rings is 1. The predicted molar refractivity (Wildman–Crippen MR) is 112 cm³/mol. The van der Waals surface area contributed by atoms with Gasteiger partial charge in [-0.15, -0.1) is 0 Å². The van der Waals surface area contributed by atoms with Gasteiger partial charge in [0.1, 0.15) is 5.76 Å². The molecule has 1 aliphatic heterocycles. The van der Waals surface area contributed by atoms with Crippen molar-refractivity contribution in [2.24, 2.45) is 0 Å². The van der Waals surface area contributed by atoms with Crippen LogP contribution < -0.4 is 16.4 Å². The Labute approximate surface area is 170 Å². The molecule has 1 aromatic heterocycles. The minimum absolute atomic E-state index is 0.0463. The third-order valence-electron chi connectivity index (χ3n) is 4.82. The maximum Gasteiger partial charge on any atom is 0.220 e. The van der Waals surface area contributed by atoms with Crippen LogP contribution >= 0.6 is 0 Å². The van der Waals surface area contributed by atoms with Crippen LogP contribution in [-0.4, -0.2) is 35.2 Å². The second-order valence-electron chi connectivity index (χ2n) is 7.16. The van der Waals surface area contributed by atoms with Crippen molar-refractivity contribution in [1.82, 2.24) is 10.5 Å². The van der Waals surface area contributed by atoms with E-state index in [4.69, 9.17) is 15.4 Å². The molecule has 8 heteroatoms. The van der Waals surface area contributed by atoms with Gasteiger partial charge in [-0.25, -0.2) is 0 Å². The van der Waals surface area contributed by atoms with E-state index >= 15 is 0 Å². The summed E-state index contributed by atoms with van der Waals surface area (Å²) in [6, 6.07) is 5.42. The van der Waals surface area contributed by atoms with Crippen molar-refractivity contribution in [2.75, 3.05) is 17.6 Å². The Kier molecular flexibility index (Phi) is 8.67.